The monoisotopic (exact) mass is 522 g/mol. The van der Waals surface area contributed by atoms with Crippen molar-refractivity contribution < 1.29 is 17.6 Å². The normalized spacial score (nSPS) is 13.7. The standard InChI is InChI=1S/C13H10ClN5O2.C8H5F4N3/c14-10-5-15-11-7(6-1-2-6)3-9(18-19(10)11)8-4-16-13(21)17-12(8)20;9-7-6-5(2-1-3-13-6)15(14-7)4-8(10,11)12/h3-6H,1-2H2,(H2,16,17,20,21);1-3H,4H2. The van der Waals surface area contributed by atoms with Gasteiger partial charge in [-0.15, -0.1) is 5.10 Å². The zero-order chi connectivity index (χ0) is 25.6. The van der Waals surface area contributed by atoms with Crippen LogP contribution in [0.3, 0.4) is 0 Å². The molecule has 15 heteroatoms. The summed E-state index contributed by atoms with van der Waals surface area (Å²) < 4.78 is 51.3. The predicted octanol–water partition coefficient (Wildman–Crippen LogP) is 3.44. The first-order valence-electron chi connectivity index (χ1n) is 10.5. The van der Waals surface area contributed by atoms with Gasteiger partial charge in [-0.25, -0.2) is 19.3 Å². The van der Waals surface area contributed by atoms with Gasteiger partial charge in [-0.3, -0.25) is 14.5 Å². The lowest BCUT2D eigenvalue weighted by molar-refractivity contribution is -0.142. The van der Waals surface area contributed by atoms with Gasteiger partial charge in [0.1, 0.15) is 12.1 Å². The summed E-state index contributed by atoms with van der Waals surface area (Å²) in [7, 11) is 0. The fourth-order valence-electron chi connectivity index (χ4n) is 3.65. The van der Waals surface area contributed by atoms with Gasteiger partial charge < -0.3 is 4.98 Å². The molecule has 0 amide bonds. The average Bonchev–Trinajstić information content (AvgIpc) is 3.54. The Labute approximate surface area is 202 Å². The lowest BCUT2D eigenvalue weighted by atomic mass is 10.1. The number of rotatable bonds is 3. The van der Waals surface area contributed by atoms with Crippen molar-refractivity contribution in [1.82, 2.24) is 39.3 Å². The number of hydrogen-bond donors (Lipinski definition) is 2. The van der Waals surface area contributed by atoms with E-state index in [0.717, 1.165) is 18.4 Å². The molecule has 1 aliphatic carbocycles. The van der Waals surface area contributed by atoms with Crippen LogP contribution in [0.5, 0.6) is 0 Å². The van der Waals surface area contributed by atoms with Gasteiger partial charge in [0.05, 0.1) is 23.0 Å². The number of hydrogen-bond acceptors (Lipinski definition) is 6. The van der Waals surface area contributed by atoms with E-state index < -0.39 is 29.9 Å². The Morgan fingerprint density at radius 1 is 1.17 bits per heavy atom. The van der Waals surface area contributed by atoms with Gasteiger partial charge in [-0.05, 0) is 37.0 Å². The van der Waals surface area contributed by atoms with Gasteiger partial charge in [0, 0.05) is 18.0 Å². The van der Waals surface area contributed by atoms with E-state index >= 15 is 0 Å². The Hall–Kier alpha value is -4.07. The maximum absolute atomic E-state index is 13.0. The molecule has 5 heterocycles. The number of aromatic nitrogens is 8. The third-order valence-electron chi connectivity index (χ3n) is 5.36. The summed E-state index contributed by atoms with van der Waals surface area (Å²) in [4.78, 5) is 35.6. The summed E-state index contributed by atoms with van der Waals surface area (Å²) >= 11 is 6.09. The van der Waals surface area contributed by atoms with E-state index in [1.165, 1.54) is 35.2 Å². The molecule has 5 aromatic rings. The molecule has 0 spiro atoms. The molecule has 0 radical (unpaired) electrons. The number of pyridine rings is 1. The molecule has 0 unspecified atom stereocenters. The smallest absolute Gasteiger partial charge is 0.313 e. The minimum atomic E-state index is -4.43. The van der Waals surface area contributed by atoms with Crippen molar-refractivity contribution in [2.45, 2.75) is 31.5 Å². The van der Waals surface area contributed by atoms with Gasteiger partial charge >= 0.3 is 11.9 Å². The Morgan fingerprint density at radius 2 is 1.94 bits per heavy atom. The van der Waals surface area contributed by atoms with Crippen molar-refractivity contribution >= 4 is 28.3 Å². The van der Waals surface area contributed by atoms with Crippen LogP contribution >= 0.6 is 11.6 Å². The van der Waals surface area contributed by atoms with Gasteiger partial charge in [-0.2, -0.15) is 22.7 Å². The maximum atomic E-state index is 13.0. The Kier molecular flexibility index (Phi) is 5.82. The number of H-pyrrole nitrogens is 2. The van der Waals surface area contributed by atoms with Crippen LogP contribution in [-0.4, -0.2) is 45.5 Å². The van der Waals surface area contributed by atoms with Crippen LogP contribution in [0.2, 0.25) is 5.15 Å². The molecule has 0 saturated heterocycles. The molecule has 1 saturated carbocycles. The lowest BCUT2D eigenvalue weighted by Gasteiger charge is -2.06. The number of nitrogens with zero attached hydrogens (tertiary/aromatic N) is 6. The highest BCUT2D eigenvalue weighted by Gasteiger charge is 2.30. The third kappa shape index (κ3) is 4.71. The van der Waals surface area contributed by atoms with Crippen molar-refractivity contribution in [2.75, 3.05) is 0 Å². The van der Waals surface area contributed by atoms with Crippen LogP contribution in [0, 0.1) is 5.95 Å². The van der Waals surface area contributed by atoms with E-state index in [2.05, 4.69) is 30.1 Å². The van der Waals surface area contributed by atoms with Crippen LogP contribution in [0.4, 0.5) is 17.6 Å². The second-order valence-corrected chi connectivity index (χ2v) is 8.38. The highest BCUT2D eigenvalue weighted by Crippen LogP contribution is 2.42. The largest absolute Gasteiger partial charge is 0.408 e. The quantitative estimate of drug-likeness (QED) is 0.350. The summed E-state index contributed by atoms with van der Waals surface area (Å²) in [6.45, 7) is -1.32. The van der Waals surface area contributed by atoms with Crippen molar-refractivity contribution in [3.05, 3.63) is 74.3 Å². The lowest BCUT2D eigenvalue weighted by Crippen LogP contribution is -2.23. The predicted molar refractivity (Wildman–Crippen MR) is 120 cm³/mol. The third-order valence-corrected chi connectivity index (χ3v) is 5.62. The number of nitrogens with one attached hydrogen (secondary N) is 2. The van der Waals surface area contributed by atoms with Crippen molar-refractivity contribution in [2.24, 2.45) is 0 Å². The molecule has 6 rings (SSSR count). The molecule has 0 aliphatic heterocycles. The first kappa shape index (κ1) is 23.7. The number of aromatic amines is 2. The molecular formula is C21H15ClF4N8O2. The summed E-state index contributed by atoms with van der Waals surface area (Å²) in [6.07, 6.45) is 1.94. The Balaban J connectivity index is 0.000000157. The van der Waals surface area contributed by atoms with Crippen LogP contribution in [-0.2, 0) is 6.54 Å². The molecule has 1 aliphatic rings. The Bertz CT molecular complexity index is 1700. The minimum absolute atomic E-state index is 0.0346. The van der Waals surface area contributed by atoms with E-state index in [1.54, 1.807) is 0 Å². The second-order valence-electron chi connectivity index (χ2n) is 8.00. The Morgan fingerprint density at radius 3 is 2.64 bits per heavy atom. The molecular weight excluding hydrogens is 508 g/mol. The van der Waals surface area contributed by atoms with Crippen LogP contribution < -0.4 is 11.2 Å². The average molecular weight is 523 g/mol. The second kappa shape index (κ2) is 8.86. The van der Waals surface area contributed by atoms with Gasteiger partial charge in [0.15, 0.2) is 10.8 Å². The first-order chi connectivity index (χ1) is 17.1. The summed E-state index contributed by atoms with van der Waals surface area (Å²) in [5.74, 6) is -0.565. The SMILES string of the molecule is Fc1nn(CC(F)(F)F)c2cccnc12.O=c1[nH]cc(-c2cc(C3CC3)c3ncc(Cl)n3n2)c(=O)[nH]1. The number of fused-ring (bicyclic) bond motifs is 2. The van der Waals surface area contributed by atoms with E-state index in [4.69, 9.17) is 11.6 Å². The van der Waals surface area contributed by atoms with Gasteiger partial charge in [0.2, 0.25) is 0 Å². The molecule has 0 aromatic carbocycles. The van der Waals surface area contributed by atoms with Crippen LogP contribution in [0.25, 0.3) is 27.9 Å². The van der Waals surface area contributed by atoms with Crippen LogP contribution in [0.1, 0.15) is 24.3 Å². The van der Waals surface area contributed by atoms with Crippen molar-refractivity contribution in [3.8, 4) is 11.3 Å². The van der Waals surface area contributed by atoms with Crippen LogP contribution in [0.15, 0.2) is 46.4 Å². The fourth-order valence-corrected chi connectivity index (χ4v) is 3.82. The van der Waals surface area contributed by atoms with E-state index in [9.17, 15) is 27.2 Å². The van der Waals surface area contributed by atoms with Gasteiger partial charge in [0.25, 0.3) is 11.5 Å². The van der Waals surface area contributed by atoms with E-state index in [-0.39, 0.29) is 11.0 Å². The summed E-state index contributed by atoms with van der Waals surface area (Å²) in [5.41, 5.74) is 1.35. The molecule has 5 aromatic heterocycles. The highest BCUT2D eigenvalue weighted by atomic mass is 35.5. The van der Waals surface area contributed by atoms with E-state index in [0.29, 0.717) is 32.7 Å². The molecule has 0 atom stereocenters. The summed E-state index contributed by atoms with van der Waals surface area (Å²) in [5, 5.41) is 7.87. The van der Waals surface area contributed by atoms with E-state index in [1.807, 2.05) is 6.07 Å². The number of halogens is 5. The molecule has 36 heavy (non-hydrogen) atoms. The maximum Gasteiger partial charge on any atom is 0.408 e. The summed E-state index contributed by atoms with van der Waals surface area (Å²) in [6, 6.07) is 4.61. The topological polar surface area (TPSA) is 127 Å². The number of alkyl halides is 3. The molecule has 2 N–H and O–H groups in total. The zero-order valence-electron chi connectivity index (χ0n) is 18.1. The zero-order valence-corrected chi connectivity index (χ0v) is 18.8. The van der Waals surface area contributed by atoms with Crippen molar-refractivity contribution in [3.63, 3.8) is 0 Å². The van der Waals surface area contributed by atoms with Gasteiger partial charge in [-0.1, -0.05) is 11.6 Å². The minimum Gasteiger partial charge on any atom is -0.313 e. The van der Waals surface area contributed by atoms with Crippen molar-refractivity contribution in [1.29, 1.82) is 0 Å². The highest BCUT2D eigenvalue weighted by molar-refractivity contribution is 6.29. The molecule has 1 fully saturated rings. The number of imidazole rings is 1. The molecule has 10 nitrogen and oxygen atoms in total. The molecule has 186 valence electrons. The molecule has 0 bridgehead atoms. The fraction of sp³-hybridized carbons (Fsp3) is 0.238. The first-order valence-corrected chi connectivity index (χ1v) is 10.9.